The molecule has 1 heterocycles. The summed E-state index contributed by atoms with van der Waals surface area (Å²) >= 11 is 1.51. The molecule has 1 aromatic heterocycles. The van der Waals surface area contributed by atoms with Crippen LogP contribution in [0.5, 0.6) is 0 Å². The van der Waals surface area contributed by atoms with Gasteiger partial charge in [-0.3, -0.25) is 9.59 Å². The number of carbonyl (C=O) groups excluding carboxylic acids is 2. The fourth-order valence-electron chi connectivity index (χ4n) is 1.83. The van der Waals surface area contributed by atoms with Crippen molar-refractivity contribution in [2.45, 2.75) is 32.2 Å². The van der Waals surface area contributed by atoms with Gasteiger partial charge in [0.05, 0.1) is 19.6 Å². The first-order valence-electron chi connectivity index (χ1n) is 6.69. The van der Waals surface area contributed by atoms with Crippen LogP contribution in [0.25, 0.3) is 0 Å². The Bertz CT molecular complexity index is 420. The predicted molar refractivity (Wildman–Crippen MR) is 79.3 cm³/mol. The van der Waals surface area contributed by atoms with Crippen LogP contribution in [0.4, 0.5) is 0 Å². The van der Waals surface area contributed by atoms with Crippen LogP contribution >= 0.6 is 11.3 Å². The van der Waals surface area contributed by atoms with E-state index in [4.69, 9.17) is 5.73 Å². The van der Waals surface area contributed by atoms with Crippen molar-refractivity contribution in [3.05, 3.63) is 22.4 Å². The van der Waals surface area contributed by atoms with Crippen LogP contribution in [0.3, 0.4) is 0 Å². The molecule has 0 radical (unpaired) electrons. The summed E-state index contributed by atoms with van der Waals surface area (Å²) in [5, 5.41) is 4.84. The Kier molecular flexibility index (Phi) is 7.25. The maximum Gasteiger partial charge on any atom is 0.307 e. The molecule has 3 N–H and O–H groups in total. The molecule has 6 heteroatoms. The summed E-state index contributed by atoms with van der Waals surface area (Å²) in [6, 6.07) is 3.48. The molecule has 0 saturated heterocycles. The quantitative estimate of drug-likeness (QED) is 0.718. The predicted octanol–water partition coefficient (Wildman–Crippen LogP) is 1.84. The molecule has 1 rings (SSSR count). The second kappa shape index (κ2) is 8.71. The zero-order valence-corrected chi connectivity index (χ0v) is 12.7. The molecule has 1 aromatic rings. The molecule has 0 aliphatic heterocycles. The molecule has 5 nitrogen and oxygen atoms in total. The van der Waals surface area contributed by atoms with Crippen molar-refractivity contribution in [2.24, 2.45) is 11.7 Å². The Hall–Kier alpha value is -1.40. The van der Waals surface area contributed by atoms with Crippen molar-refractivity contribution in [3.63, 3.8) is 0 Å². The number of nitrogens with one attached hydrogen (secondary N) is 1. The fraction of sp³-hybridized carbons (Fsp3) is 0.571. The third kappa shape index (κ3) is 5.30. The first-order valence-corrected chi connectivity index (χ1v) is 7.57. The number of carbonyl (C=O) groups is 2. The summed E-state index contributed by atoms with van der Waals surface area (Å²) in [5.41, 5.74) is 5.45. The Morgan fingerprint density at radius 1 is 1.50 bits per heavy atom. The maximum absolute atomic E-state index is 12.1. The first-order chi connectivity index (χ1) is 9.58. The van der Waals surface area contributed by atoms with E-state index in [0.29, 0.717) is 6.54 Å². The van der Waals surface area contributed by atoms with Crippen LogP contribution in [0.2, 0.25) is 0 Å². The highest BCUT2D eigenvalue weighted by molar-refractivity contribution is 7.10. The average molecular weight is 298 g/mol. The number of thiophene rings is 1. The second-order valence-corrected chi connectivity index (χ2v) is 5.67. The van der Waals surface area contributed by atoms with E-state index in [1.807, 2.05) is 24.4 Å². The second-order valence-electron chi connectivity index (χ2n) is 4.69. The van der Waals surface area contributed by atoms with E-state index >= 15 is 0 Å². The van der Waals surface area contributed by atoms with Gasteiger partial charge in [-0.15, -0.1) is 11.3 Å². The van der Waals surface area contributed by atoms with Gasteiger partial charge in [0.25, 0.3) is 0 Å². The molecule has 0 spiro atoms. The van der Waals surface area contributed by atoms with E-state index in [2.05, 4.69) is 10.1 Å². The number of hydrogen-bond acceptors (Lipinski definition) is 5. The molecule has 2 unspecified atom stereocenters. The zero-order chi connectivity index (χ0) is 15.0. The topological polar surface area (TPSA) is 81.4 Å². The molecular formula is C14H22N2O3S. The molecule has 0 bridgehead atoms. The monoisotopic (exact) mass is 298 g/mol. The number of esters is 1. The lowest BCUT2D eigenvalue weighted by atomic mass is 10.0. The SMILES string of the molecule is COC(=O)CC(NC(=O)C(C)CCCN)c1cccs1. The average Bonchev–Trinajstić information content (AvgIpc) is 2.97. The minimum absolute atomic E-state index is 0.0549. The zero-order valence-electron chi connectivity index (χ0n) is 11.9. The number of methoxy groups -OCH3 is 1. The summed E-state index contributed by atoms with van der Waals surface area (Å²) in [5.74, 6) is -0.502. The van der Waals surface area contributed by atoms with E-state index < -0.39 is 0 Å². The maximum atomic E-state index is 12.1. The van der Waals surface area contributed by atoms with Crippen molar-refractivity contribution in [2.75, 3.05) is 13.7 Å². The van der Waals surface area contributed by atoms with E-state index in [9.17, 15) is 9.59 Å². The molecule has 0 saturated carbocycles. The lowest BCUT2D eigenvalue weighted by Crippen LogP contribution is -2.34. The molecule has 0 aliphatic rings. The molecule has 0 fully saturated rings. The Morgan fingerprint density at radius 3 is 2.80 bits per heavy atom. The summed E-state index contributed by atoms with van der Waals surface area (Å²) in [4.78, 5) is 24.5. The Balaban J connectivity index is 2.65. The summed E-state index contributed by atoms with van der Waals surface area (Å²) in [6.07, 6.45) is 1.71. The lowest BCUT2D eigenvalue weighted by Gasteiger charge is -2.19. The van der Waals surface area contributed by atoms with E-state index in [-0.39, 0.29) is 30.3 Å². The highest BCUT2D eigenvalue weighted by Crippen LogP contribution is 2.23. The van der Waals surface area contributed by atoms with Crippen molar-refractivity contribution < 1.29 is 14.3 Å². The van der Waals surface area contributed by atoms with Gasteiger partial charge in [0.2, 0.25) is 5.91 Å². The Labute approximate surface area is 123 Å². The minimum atomic E-state index is -0.335. The smallest absolute Gasteiger partial charge is 0.307 e. The van der Waals surface area contributed by atoms with Gasteiger partial charge in [-0.1, -0.05) is 13.0 Å². The van der Waals surface area contributed by atoms with E-state index in [1.165, 1.54) is 18.4 Å². The lowest BCUT2D eigenvalue weighted by molar-refractivity contribution is -0.141. The van der Waals surface area contributed by atoms with Gasteiger partial charge >= 0.3 is 5.97 Å². The Morgan fingerprint density at radius 2 is 2.25 bits per heavy atom. The minimum Gasteiger partial charge on any atom is -0.469 e. The molecule has 1 amide bonds. The number of nitrogens with two attached hydrogens (primary N) is 1. The van der Waals surface area contributed by atoms with Crippen LogP contribution in [-0.2, 0) is 14.3 Å². The van der Waals surface area contributed by atoms with Gasteiger partial charge in [-0.2, -0.15) is 0 Å². The molecule has 0 aromatic carbocycles. The van der Waals surface area contributed by atoms with Crippen molar-refractivity contribution in [1.29, 1.82) is 0 Å². The largest absolute Gasteiger partial charge is 0.469 e. The van der Waals surface area contributed by atoms with Crippen LogP contribution < -0.4 is 11.1 Å². The van der Waals surface area contributed by atoms with Crippen molar-refractivity contribution in [1.82, 2.24) is 5.32 Å². The summed E-state index contributed by atoms with van der Waals surface area (Å²) in [7, 11) is 1.35. The van der Waals surface area contributed by atoms with Gasteiger partial charge in [-0.05, 0) is 30.8 Å². The molecule has 0 aliphatic carbocycles. The molecular weight excluding hydrogens is 276 g/mol. The summed E-state index contributed by atoms with van der Waals surface area (Å²) < 4.78 is 4.68. The van der Waals surface area contributed by atoms with E-state index in [0.717, 1.165) is 17.7 Å². The number of amides is 1. The third-order valence-electron chi connectivity index (χ3n) is 3.09. The van der Waals surface area contributed by atoms with Crippen LogP contribution in [0.1, 0.15) is 37.1 Å². The highest BCUT2D eigenvalue weighted by atomic mass is 32.1. The van der Waals surface area contributed by atoms with Crippen LogP contribution in [0.15, 0.2) is 17.5 Å². The first kappa shape index (κ1) is 16.7. The standard InChI is InChI=1S/C14H22N2O3S/c1-10(5-3-7-15)14(18)16-11(9-13(17)19-2)12-6-4-8-20-12/h4,6,8,10-11H,3,5,7,9,15H2,1-2H3,(H,16,18). The van der Waals surface area contributed by atoms with Crippen molar-refractivity contribution >= 4 is 23.2 Å². The van der Waals surface area contributed by atoms with Gasteiger partial charge in [0.1, 0.15) is 0 Å². The summed E-state index contributed by atoms with van der Waals surface area (Å²) in [6.45, 7) is 2.45. The number of hydrogen-bond donors (Lipinski definition) is 2. The molecule has 2 atom stereocenters. The van der Waals surface area contributed by atoms with Gasteiger partial charge < -0.3 is 15.8 Å². The fourth-order valence-corrected chi connectivity index (χ4v) is 2.61. The molecule has 20 heavy (non-hydrogen) atoms. The van der Waals surface area contributed by atoms with Gasteiger partial charge in [-0.25, -0.2) is 0 Å². The van der Waals surface area contributed by atoms with Crippen molar-refractivity contribution in [3.8, 4) is 0 Å². The van der Waals surface area contributed by atoms with E-state index in [1.54, 1.807) is 0 Å². The normalized spacial score (nSPS) is 13.6. The number of rotatable bonds is 8. The molecule has 112 valence electrons. The van der Waals surface area contributed by atoms with Gasteiger partial charge in [0.15, 0.2) is 0 Å². The highest BCUT2D eigenvalue weighted by Gasteiger charge is 2.22. The number of ether oxygens (including phenoxy) is 1. The van der Waals surface area contributed by atoms with Crippen LogP contribution in [0, 0.1) is 5.92 Å². The van der Waals surface area contributed by atoms with Gasteiger partial charge in [0, 0.05) is 10.8 Å². The third-order valence-corrected chi connectivity index (χ3v) is 4.08. The van der Waals surface area contributed by atoms with Crippen LogP contribution in [-0.4, -0.2) is 25.5 Å².